The van der Waals surface area contributed by atoms with Crippen molar-refractivity contribution in [2.45, 2.75) is 96.6 Å². The molecule has 2 aliphatic heterocycles. The summed E-state index contributed by atoms with van der Waals surface area (Å²) in [5.74, 6) is -0.118. The van der Waals surface area contributed by atoms with Crippen molar-refractivity contribution in [3.63, 3.8) is 0 Å². The number of aromatic amines is 1. The van der Waals surface area contributed by atoms with Crippen LogP contribution in [0.5, 0.6) is 0 Å². The number of aliphatic hydroxyl groups excluding tert-OH is 1. The molecule has 2 saturated heterocycles. The van der Waals surface area contributed by atoms with Crippen LogP contribution in [0.4, 0.5) is 5.69 Å². The van der Waals surface area contributed by atoms with Crippen LogP contribution in [0.1, 0.15) is 94.2 Å². The second-order valence-corrected chi connectivity index (χ2v) is 12.6. The van der Waals surface area contributed by atoms with E-state index in [1.54, 1.807) is 6.20 Å². The zero-order chi connectivity index (χ0) is 26.1. The molecule has 1 aliphatic carbocycles. The maximum atomic E-state index is 12.9. The van der Waals surface area contributed by atoms with Gasteiger partial charge in [0.15, 0.2) is 5.82 Å². The minimum absolute atomic E-state index is 0.0883. The number of imidazole rings is 1. The Hall–Kier alpha value is -2.48. The Morgan fingerprint density at radius 3 is 2.53 bits per heavy atom. The number of allylic oxidation sites excluding steroid dienone is 2. The van der Waals surface area contributed by atoms with Gasteiger partial charge in [0, 0.05) is 41.9 Å². The Bertz CT molecular complexity index is 1210. The lowest BCUT2D eigenvalue weighted by molar-refractivity contribution is -0.211. The van der Waals surface area contributed by atoms with Crippen LogP contribution in [0, 0.1) is 18.3 Å². The summed E-state index contributed by atoms with van der Waals surface area (Å²) in [7, 11) is 0. The number of nitrogens with one attached hydrogen (secondary N) is 2. The third-order valence-corrected chi connectivity index (χ3v) is 8.86. The fourth-order valence-electron chi connectivity index (χ4n) is 6.55. The molecule has 194 valence electrons. The molecule has 2 bridgehead atoms. The second kappa shape index (κ2) is 8.27. The fourth-order valence-corrected chi connectivity index (χ4v) is 6.55. The lowest BCUT2D eigenvalue weighted by atomic mass is 9.73. The number of rotatable bonds is 4. The van der Waals surface area contributed by atoms with Gasteiger partial charge < -0.3 is 25.3 Å². The molecule has 5 rings (SSSR count). The Morgan fingerprint density at radius 2 is 1.92 bits per heavy atom. The number of aryl methyl sites for hydroxylation is 1. The molecule has 4 N–H and O–H groups in total. The molecule has 0 spiro atoms. The van der Waals surface area contributed by atoms with E-state index in [1.807, 2.05) is 45.9 Å². The highest BCUT2D eigenvalue weighted by Crippen LogP contribution is 2.57. The van der Waals surface area contributed by atoms with E-state index in [2.05, 4.69) is 35.2 Å². The van der Waals surface area contributed by atoms with Crippen molar-refractivity contribution in [1.82, 2.24) is 9.97 Å². The number of nitrogens with zero attached hydrogens (tertiary/aromatic N) is 1. The van der Waals surface area contributed by atoms with E-state index >= 15 is 0 Å². The highest BCUT2D eigenvalue weighted by molar-refractivity contribution is 6.03. The summed E-state index contributed by atoms with van der Waals surface area (Å²) >= 11 is 0. The zero-order valence-corrected chi connectivity index (χ0v) is 22.2. The van der Waals surface area contributed by atoms with Crippen LogP contribution < -0.4 is 5.32 Å². The molecule has 1 aromatic heterocycles. The Kier molecular flexibility index (Phi) is 5.78. The number of aliphatic hydroxyl groups is 2. The van der Waals surface area contributed by atoms with Gasteiger partial charge in [-0.25, -0.2) is 4.98 Å². The van der Waals surface area contributed by atoms with Crippen molar-refractivity contribution < 1.29 is 19.7 Å². The lowest BCUT2D eigenvalue weighted by Crippen LogP contribution is -2.51. The van der Waals surface area contributed by atoms with E-state index in [1.165, 1.54) is 5.57 Å². The fraction of sp³-hybridized carbons (Fsp3) is 0.586. The quantitative estimate of drug-likeness (QED) is 0.475. The number of amides is 1. The SMILES string of the molecule is Cc1cnc(C(=O)Nc2ccc([C@@]3(O)C[C@@]4(C)O[C@@](C)(C3)[C@H](C)[C@@H]4O)cc2C2=CCC(C)(C)CC2)[nH]1. The summed E-state index contributed by atoms with van der Waals surface area (Å²) in [6, 6.07) is 5.81. The van der Waals surface area contributed by atoms with Crippen LogP contribution in [0.3, 0.4) is 0 Å². The molecular weight excluding hydrogens is 454 g/mol. The molecule has 0 unspecified atom stereocenters. The van der Waals surface area contributed by atoms with Crippen LogP contribution in [0.15, 0.2) is 30.5 Å². The number of benzene rings is 1. The van der Waals surface area contributed by atoms with Gasteiger partial charge in [0.25, 0.3) is 5.91 Å². The summed E-state index contributed by atoms with van der Waals surface area (Å²) in [6.07, 6.45) is 6.86. The highest BCUT2D eigenvalue weighted by atomic mass is 16.6. The third-order valence-electron chi connectivity index (χ3n) is 8.86. The number of ether oxygens (including phenoxy) is 1. The number of anilines is 1. The maximum Gasteiger partial charge on any atom is 0.291 e. The number of fused-ring (bicyclic) bond motifs is 2. The molecule has 1 aromatic carbocycles. The van der Waals surface area contributed by atoms with Crippen molar-refractivity contribution in [2.24, 2.45) is 11.3 Å². The normalized spacial score (nSPS) is 35.4. The molecule has 3 aliphatic rings. The van der Waals surface area contributed by atoms with Crippen LogP contribution in [0.25, 0.3) is 5.57 Å². The highest BCUT2D eigenvalue weighted by Gasteiger charge is 2.64. The Balaban J connectivity index is 1.54. The van der Waals surface area contributed by atoms with Crippen molar-refractivity contribution in [2.75, 3.05) is 5.32 Å². The number of carbonyl (C=O) groups excluding carboxylic acids is 1. The monoisotopic (exact) mass is 493 g/mol. The van der Waals surface area contributed by atoms with Crippen molar-refractivity contribution in [1.29, 1.82) is 0 Å². The largest absolute Gasteiger partial charge is 0.390 e. The molecule has 1 amide bonds. The second-order valence-electron chi connectivity index (χ2n) is 12.6. The molecule has 7 nitrogen and oxygen atoms in total. The van der Waals surface area contributed by atoms with Crippen molar-refractivity contribution >= 4 is 17.2 Å². The average Bonchev–Trinajstić information content (AvgIpc) is 3.28. The Labute approximate surface area is 213 Å². The van der Waals surface area contributed by atoms with Gasteiger partial charge in [0.1, 0.15) is 0 Å². The standard InChI is InChI=1S/C29H39N3O4/c1-17-14-30-24(31-17)25(34)32-22-8-7-20(13-21(22)19-9-11-26(3,4)12-10-19)29(35)15-27(5)18(2)23(33)28(6,16-29)36-27/h7-9,13-14,18,23,33,35H,10-12,15-16H2,1-6H3,(H,30,31)(H,32,34)/t18-,23+,27+,28-,29+/m1/s1. The maximum absolute atomic E-state index is 12.9. The summed E-state index contributed by atoms with van der Waals surface area (Å²) in [6.45, 7) is 12.3. The van der Waals surface area contributed by atoms with Crippen LogP contribution in [-0.4, -0.2) is 43.4 Å². The van der Waals surface area contributed by atoms with Gasteiger partial charge in [-0.1, -0.05) is 32.9 Å². The zero-order valence-electron chi connectivity index (χ0n) is 22.2. The number of aromatic nitrogens is 2. The smallest absolute Gasteiger partial charge is 0.291 e. The third kappa shape index (κ3) is 4.21. The number of H-pyrrole nitrogens is 1. The molecule has 2 aromatic rings. The first-order chi connectivity index (χ1) is 16.7. The van der Waals surface area contributed by atoms with E-state index < -0.39 is 22.9 Å². The number of hydrogen-bond donors (Lipinski definition) is 4. The van der Waals surface area contributed by atoms with Crippen LogP contribution >= 0.6 is 0 Å². The van der Waals surface area contributed by atoms with Gasteiger partial charge >= 0.3 is 0 Å². The van der Waals surface area contributed by atoms with E-state index in [0.717, 1.165) is 36.1 Å². The van der Waals surface area contributed by atoms with Gasteiger partial charge in [-0.15, -0.1) is 0 Å². The van der Waals surface area contributed by atoms with Gasteiger partial charge in [-0.2, -0.15) is 0 Å². The predicted octanol–water partition coefficient (Wildman–Crippen LogP) is 5.09. The van der Waals surface area contributed by atoms with Gasteiger partial charge in [0.2, 0.25) is 0 Å². The average molecular weight is 494 g/mol. The predicted molar refractivity (Wildman–Crippen MR) is 140 cm³/mol. The molecule has 0 radical (unpaired) electrons. The molecule has 0 saturated carbocycles. The molecule has 3 heterocycles. The Morgan fingerprint density at radius 1 is 1.19 bits per heavy atom. The first-order valence-electron chi connectivity index (χ1n) is 13.0. The van der Waals surface area contributed by atoms with E-state index in [4.69, 9.17) is 4.74 Å². The minimum Gasteiger partial charge on any atom is -0.390 e. The first-order valence-corrected chi connectivity index (χ1v) is 13.0. The summed E-state index contributed by atoms with van der Waals surface area (Å²) in [5, 5.41) is 26.0. The summed E-state index contributed by atoms with van der Waals surface area (Å²) in [5.41, 5.74) is 2.05. The van der Waals surface area contributed by atoms with Crippen molar-refractivity contribution in [3.8, 4) is 0 Å². The number of hydrogen-bond acceptors (Lipinski definition) is 5. The van der Waals surface area contributed by atoms with Gasteiger partial charge in [-0.05, 0) is 68.7 Å². The van der Waals surface area contributed by atoms with Gasteiger partial charge in [0.05, 0.1) is 22.9 Å². The lowest BCUT2D eigenvalue weighted by Gasteiger charge is -2.47. The van der Waals surface area contributed by atoms with Crippen molar-refractivity contribution in [3.05, 3.63) is 53.1 Å². The summed E-state index contributed by atoms with van der Waals surface area (Å²) in [4.78, 5) is 20.1. The number of carbonyl (C=O) groups is 1. The minimum atomic E-state index is -1.16. The molecule has 2 fully saturated rings. The first kappa shape index (κ1) is 25.2. The van der Waals surface area contributed by atoms with Crippen LogP contribution in [0.2, 0.25) is 0 Å². The van der Waals surface area contributed by atoms with E-state index in [0.29, 0.717) is 18.5 Å². The summed E-state index contributed by atoms with van der Waals surface area (Å²) < 4.78 is 6.32. The van der Waals surface area contributed by atoms with Crippen LogP contribution in [-0.2, 0) is 10.3 Å². The molecule has 7 heteroatoms. The molecular formula is C29H39N3O4. The van der Waals surface area contributed by atoms with Gasteiger partial charge in [-0.3, -0.25) is 4.79 Å². The molecule has 36 heavy (non-hydrogen) atoms. The molecule has 5 atom stereocenters. The van der Waals surface area contributed by atoms with E-state index in [9.17, 15) is 15.0 Å². The van der Waals surface area contributed by atoms with E-state index in [-0.39, 0.29) is 23.1 Å². The topological polar surface area (TPSA) is 107 Å².